The van der Waals surface area contributed by atoms with E-state index in [0.29, 0.717) is 6.54 Å². The van der Waals surface area contributed by atoms with Crippen molar-refractivity contribution >= 4 is 0 Å². The Hall–Kier alpha value is -1.78. The van der Waals surface area contributed by atoms with E-state index in [1.807, 2.05) is 26.1 Å². The first-order chi connectivity index (χ1) is 9.61. The van der Waals surface area contributed by atoms with Gasteiger partial charge in [0.1, 0.15) is 5.82 Å². The third-order valence-electron chi connectivity index (χ3n) is 3.54. The summed E-state index contributed by atoms with van der Waals surface area (Å²) in [5.41, 5.74) is 9.07. The van der Waals surface area contributed by atoms with Crippen molar-refractivity contribution in [2.24, 2.45) is 5.73 Å². The molecule has 20 heavy (non-hydrogen) atoms. The molecule has 2 N–H and O–H groups in total. The predicted molar refractivity (Wildman–Crippen MR) is 78.6 cm³/mol. The summed E-state index contributed by atoms with van der Waals surface area (Å²) in [6, 6.07) is 8.81. The Kier molecular flexibility index (Phi) is 4.82. The molecule has 1 atom stereocenters. The lowest BCUT2D eigenvalue weighted by Gasteiger charge is -2.28. The third-order valence-corrected chi connectivity index (χ3v) is 3.54. The summed E-state index contributed by atoms with van der Waals surface area (Å²) >= 11 is 0. The Labute approximate surface area is 119 Å². The molecule has 0 aliphatic heterocycles. The van der Waals surface area contributed by atoms with Crippen LogP contribution in [0.5, 0.6) is 0 Å². The molecule has 0 bridgehead atoms. The molecule has 0 aliphatic rings. The van der Waals surface area contributed by atoms with Crippen LogP contribution in [0.3, 0.4) is 0 Å². The smallest absolute Gasteiger partial charge is 0.123 e. The summed E-state index contributed by atoms with van der Waals surface area (Å²) in [7, 11) is 2.00. The van der Waals surface area contributed by atoms with Crippen LogP contribution in [0.25, 0.3) is 0 Å². The molecule has 0 fully saturated rings. The first kappa shape index (κ1) is 14.6. The van der Waals surface area contributed by atoms with Gasteiger partial charge in [-0.2, -0.15) is 0 Å². The van der Waals surface area contributed by atoms with E-state index in [9.17, 15) is 4.39 Å². The highest BCUT2D eigenvalue weighted by atomic mass is 19.1. The van der Waals surface area contributed by atoms with Gasteiger partial charge in [0.15, 0.2) is 0 Å². The monoisotopic (exact) mass is 273 g/mol. The highest BCUT2D eigenvalue weighted by molar-refractivity contribution is 5.30. The minimum absolute atomic E-state index is 0.00105. The van der Waals surface area contributed by atoms with Crippen molar-refractivity contribution in [3.8, 4) is 0 Å². The second-order valence-electron chi connectivity index (χ2n) is 5.02. The number of nitrogens with zero attached hydrogens (tertiary/aromatic N) is 2. The number of nitrogens with two attached hydrogens (primary N) is 1. The molecule has 0 saturated carbocycles. The van der Waals surface area contributed by atoms with Crippen LogP contribution in [0.1, 0.15) is 22.7 Å². The minimum atomic E-state index is -0.221. The zero-order valence-electron chi connectivity index (χ0n) is 11.9. The van der Waals surface area contributed by atoms with Crippen LogP contribution in [0.2, 0.25) is 0 Å². The van der Waals surface area contributed by atoms with Crippen LogP contribution in [0.15, 0.2) is 42.7 Å². The first-order valence-corrected chi connectivity index (χ1v) is 6.67. The SMILES string of the molecule is Cc1ccc(F)cc1C(CN)N(C)Cc1ccncc1. The Morgan fingerprint density at radius 2 is 1.95 bits per heavy atom. The van der Waals surface area contributed by atoms with E-state index < -0.39 is 0 Å². The normalized spacial score (nSPS) is 12.7. The average molecular weight is 273 g/mol. The zero-order valence-corrected chi connectivity index (χ0v) is 11.9. The van der Waals surface area contributed by atoms with Gasteiger partial charge in [-0.15, -0.1) is 0 Å². The summed E-state index contributed by atoms with van der Waals surface area (Å²) in [5, 5.41) is 0. The van der Waals surface area contributed by atoms with Gasteiger partial charge < -0.3 is 5.73 Å². The van der Waals surface area contributed by atoms with Crippen molar-refractivity contribution in [2.75, 3.05) is 13.6 Å². The van der Waals surface area contributed by atoms with Crippen LogP contribution in [0.4, 0.5) is 4.39 Å². The van der Waals surface area contributed by atoms with Crippen LogP contribution in [-0.2, 0) is 6.54 Å². The van der Waals surface area contributed by atoms with Crippen molar-refractivity contribution in [2.45, 2.75) is 19.5 Å². The fraction of sp³-hybridized carbons (Fsp3) is 0.312. The molecule has 4 heteroatoms. The van der Waals surface area contributed by atoms with Crippen molar-refractivity contribution in [3.63, 3.8) is 0 Å². The molecular formula is C16H20FN3. The number of halogens is 1. The molecular weight excluding hydrogens is 253 g/mol. The molecule has 1 heterocycles. The van der Waals surface area contributed by atoms with Crippen molar-refractivity contribution < 1.29 is 4.39 Å². The summed E-state index contributed by atoms with van der Waals surface area (Å²) in [5.74, 6) is -0.221. The van der Waals surface area contributed by atoms with Crippen LogP contribution >= 0.6 is 0 Å². The van der Waals surface area contributed by atoms with Gasteiger partial charge in [0.25, 0.3) is 0 Å². The van der Waals surface area contributed by atoms with Gasteiger partial charge in [-0.1, -0.05) is 6.07 Å². The second kappa shape index (κ2) is 6.59. The molecule has 1 unspecified atom stereocenters. The standard InChI is InChI=1S/C16H20FN3/c1-12-3-4-14(17)9-15(12)16(10-18)20(2)11-13-5-7-19-8-6-13/h3-9,16H,10-11,18H2,1-2H3. The van der Waals surface area contributed by atoms with E-state index in [-0.39, 0.29) is 11.9 Å². The van der Waals surface area contributed by atoms with Gasteiger partial charge in [-0.3, -0.25) is 9.88 Å². The average Bonchev–Trinajstić information content (AvgIpc) is 2.44. The highest BCUT2D eigenvalue weighted by Gasteiger charge is 2.18. The lowest BCUT2D eigenvalue weighted by Crippen LogP contribution is -2.30. The van der Waals surface area contributed by atoms with E-state index in [0.717, 1.165) is 23.2 Å². The molecule has 0 aliphatic carbocycles. The van der Waals surface area contributed by atoms with Gasteiger partial charge >= 0.3 is 0 Å². The van der Waals surface area contributed by atoms with Crippen molar-refractivity contribution in [1.82, 2.24) is 9.88 Å². The fourth-order valence-electron chi connectivity index (χ4n) is 2.40. The lowest BCUT2D eigenvalue weighted by atomic mass is 9.99. The minimum Gasteiger partial charge on any atom is -0.329 e. The largest absolute Gasteiger partial charge is 0.329 e. The molecule has 0 spiro atoms. The van der Waals surface area contributed by atoms with E-state index in [1.165, 1.54) is 6.07 Å². The fourth-order valence-corrected chi connectivity index (χ4v) is 2.40. The molecule has 0 saturated heterocycles. The molecule has 106 valence electrons. The molecule has 0 radical (unpaired) electrons. The number of pyridine rings is 1. The Bertz CT molecular complexity index is 557. The third kappa shape index (κ3) is 3.40. The lowest BCUT2D eigenvalue weighted by molar-refractivity contribution is 0.240. The molecule has 2 aromatic rings. The van der Waals surface area contributed by atoms with E-state index in [4.69, 9.17) is 5.73 Å². The number of benzene rings is 1. The summed E-state index contributed by atoms with van der Waals surface area (Å²) in [6.45, 7) is 3.18. The van der Waals surface area contributed by atoms with E-state index >= 15 is 0 Å². The van der Waals surface area contributed by atoms with Gasteiger partial charge in [0, 0.05) is 31.5 Å². The van der Waals surface area contributed by atoms with Gasteiger partial charge in [0.2, 0.25) is 0 Å². The first-order valence-electron chi connectivity index (χ1n) is 6.67. The van der Waals surface area contributed by atoms with Crippen molar-refractivity contribution in [1.29, 1.82) is 0 Å². The zero-order chi connectivity index (χ0) is 14.5. The number of likely N-dealkylation sites (N-methyl/N-ethyl adjacent to an activating group) is 1. The van der Waals surface area contributed by atoms with E-state index in [1.54, 1.807) is 24.5 Å². The highest BCUT2D eigenvalue weighted by Crippen LogP contribution is 2.24. The molecule has 0 amide bonds. The topological polar surface area (TPSA) is 42.1 Å². The maximum absolute atomic E-state index is 13.5. The number of aromatic nitrogens is 1. The summed E-state index contributed by atoms with van der Waals surface area (Å²) in [4.78, 5) is 6.14. The molecule has 1 aromatic heterocycles. The quantitative estimate of drug-likeness (QED) is 0.910. The number of rotatable bonds is 5. The van der Waals surface area contributed by atoms with Crippen molar-refractivity contribution in [3.05, 3.63) is 65.2 Å². The molecule has 3 nitrogen and oxygen atoms in total. The van der Waals surface area contributed by atoms with Gasteiger partial charge in [-0.05, 0) is 54.9 Å². The predicted octanol–water partition coefficient (Wildman–Crippen LogP) is 2.66. The second-order valence-corrected chi connectivity index (χ2v) is 5.02. The Balaban J connectivity index is 2.21. The number of hydrogen-bond acceptors (Lipinski definition) is 3. The Morgan fingerprint density at radius 3 is 2.60 bits per heavy atom. The van der Waals surface area contributed by atoms with Crippen LogP contribution < -0.4 is 5.73 Å². The summed E-state index contributed by atoms with van der Waals surface area (Å²) in [6.07, 6.45) is 3.54. The van der Waals surface area contributed by atoms with E-state index in [2.05, 4.69) is 9.88 Å². The number of hydrogen-bond donors (Lipinski definition) is 1. The van der Waals surface area contributed by atoms with Crippen LogP contribution in [0, 0.1) is 12.7 Å². The summed E-state index contributed by atoms with van der Waals surface area (Å²) < 4.78 is 13.5. The number of aryl methyl sites for hydroxylation is 1. The Morgan fingerprint density at radius 1 is 1.25 bits per heavy atom. The maximum Gasteiger partial charge on any atom is 0.123 e. The molecule has 1 aromatic carbocycles. The van der Waals surface area contributed by atoms with Gasteiger partial charge in [-0.25, -0.2) is 4.39 Å². The van der Waals surface area contributed by atoms with Crippen LogP contribution in [-0.4, -0.2) is 23.5 Å². The maximum atomic E-state index is 13.5. The van der Waals surface area contributed by atoms with Gasteiger partial charge in [0.05, 0.1) is 0 Å². The molecule has 2 rings (SSSR count).